The van der Waals surface area contributed by atoms with E-state index in [9.17, 15) is 24.6 Å². The van der Waals surface area contributed by atoms with Crippen LogP contribution in [0.4, 0.5) is 5.69 Å². The normalized spacial score (nSPS) is 18.1. The first kappa shape index (κ1) is 23.2. The average molecular weight is 485 g/mol. The van der Waals surface area contributed by atoms with Gasteiger partial charge >= 0.3 is 5.97 Å². The molecule has 2 aliphatic heterocycles. The Bertz CT molecular complexity index is 1420. The summed E-state index contributed by atoms with van der Waals surface area (Å²) in [6.45, 7) is 2.40. The zero-order valence-corrected chi connectivity index (χ0v) is 19.4. The third kappa shape index (κ3) is 3.96. The Hall–Kier alpha value is -4.59. The molecule has 1 fully saturated rings. The van der Waals surface area contributed by atoms with Gasteiger partial charge in [-0.15, -0.1) is 0 Å². The molecule has 182 valence electrons. The first-order valence-electron chi connectivity index (χ1n) is 11.5. The zero-order chi connectivity index (χ0) is 25.4. The number of aliphatic hydroxyl groups excluding tert-OH is 1. The summed E-state index contributed by atoms with van der Waals surface area (Å²) < 4.78 is 10.6. The summed E-state index contributed by atoms with van der Waals surface area (Å²) in [6, 6.07) is 16.4. The van der Waals surface area contributed by atoms with Crippen molar-refractivity contribution in [3.05, 3.63) is 94.6 Å². The van der Waals surface area contributed by atoms with Crippen molar-refractivity contribution in [3.63, 3.8) is 0 Å². The van der Waals surface area contributed by atoms with Crippen molar-refractivity contribution in [1.82, 2.24) is 0 Å². The summed E-state index contributed by atoms with van der Waals surface area (Å²) in [5.74, 6) is -1.99. The molecular weight excluding hydrogens is 462 g/mol. The first-order valence-corrected chi connectivity index (χ1v) is 11.5. The Morgan fingerprint density at radius 3 is 2.64 bits per heavy atom. The van der Waals surface area contributed by atoms with Crippen LogP contribution in [-0.2, 0) is 20.7 Å². The molecule has 8 heteroatoms. The molecule has 2 N–H and O–H groups in total. The number of phenols is 1. The maximum Gasteiger partial charge on any atom is 0.338 e. The highest BCUT2D eigenvalue weighted by atomic mass is 16.5. The number of fused-ring (bicyclic) bond motifs is 1. The summed E-state index contributed by atoms with van der Waals surface area (Å²) in [5.41, 5.74) is 2.06. The van der Waals surface area contributed by atoms with Crippen LogP contribution in [-0.4, -0.2) is 41.1 Å². The minimum absolute atomic E-state index is 0.0620. The van der Waals surface area contributed by atoms with Crippen LogP contribution in [0.25, 0.3) is 5.76 Å². The summed E-state index contributed by atoms with van der Waals surface area (Å²) in [7, 11) is 0. The summed E-state index contributed by atoms with van der Waals surface area (Å²) in [4.78, 5) is 40.2. The minimum atomic E-state index is -1.04. The van der Waals surface area contributed by atoms with Crippen LogP contribution >= 0.6 is 0 Å². The number of aromatic hydroxyl groups is 1. The van der Waals surface area contributed by atoms with Gasteiger partial charge < -0.3 is 19.7 Å². The predicted octanol–water partition coefficient (Wildman–Crippen LogP) is 4.13. The van der Waals surface area contributed by atoms with E-state index < -0.39 is 23.7 Å². The Morgan fingerprint density at radius 2 is 1.86 bits per heavy atom. The zero-order valence-electron chi connectivity index (χ0n) is 19.4. The Kier molecular flexibility index (Phi) is 5.93. The molecular formula is C28H23NO7. The molecule has 8 nitrogen and oxygen atoms in total. The van der Waals surface area contributed by atoms with Crippen LogP contribution in [0.15, 0.2) is 72.3 Å². The molecule has 1 atom stereocenters. The van der Waals surface area contributed by atoms with Gasteiger partial charge in [-0.25, -0.2) is 4.79 Å². The maximum atomic E-state index is 13.3. The van der Waals surface area contributed by atoms with Crippen molar-refractivity contribution in [3.8, 4) is 11.5 Å². The van der Waals surface area contributed by atoms with Gasteiger partial charge in [0.2, 0.25) is 0 Å². The lowest BCUT2D eigenvalue weighted by molar-refractivity contribution is -0.132. The highest BCUT2D eigenvalue weighted by Crippen LogP contribution is 2.43. The lowest BCUT2D eigenvalue weighted by atomic mass is 9.94. The first-order chi connectivity index (χ1) is 17.4. The van der Waals surface area contributed by atoms with E-state index >= 15 is 0 Å². The monoisotopic (exact) mass is 485 g/mol. The molecule has 3 aromatic rings. The average Bonchev–Trinajstić information content (AvgIpc) is 3.45. The van der Waals surface area contributed by atoms with Crippen molar-refractivity contribution >= 4 is 29.1 Å². The molecule has 0 aliphatic carbocycles. The van der Waals surface area contributed by atoms with Gasteiger partial charge in [0.25, 0.3) is 11.7 Å². The van der Waals surface area contributed by atoms with E-state index in [4.69, 9.17) is 9.47 Å². The van der Waals surface area contributed by atoms with Crippen LogP contribution in [0.3, 0.4) is 0 Å². The predicted molar refractivity (Wildman–Crippen MR) is 131 cm³/mol. The number of amides is 1. The number of aliphatic hydroxyl groups is 1. The number of Topliss-reactive ketones (excluding diaryl/α,β-unsaturated/α-hetero) is 1. The van der Waals surface area contributed by atoms with Crippen LogP contribution in [0.2, 0.25) is 0 Å². The maximum absolute atomic E-state index is 13.3. The molecule has 2 aliphatic rings. The van der Waals surface area contributed by atoms with Crippen LogP contribution in [0.5, 0.6) is 11.5 Å². The van der Waals surface area contributed by atoms with Gasteiger partial charge in [0.05, 0.1) is 30.4 Å². The SMILES string of the molecule is CCOC(=O)c1cccc(N2C(=O)C(=O)/C(=C(\O)c3ccc4c(c3)CCO4)C2c2cccc(O)c2)c1. The van der Waals surface area contributed by atoms with Crippen molar-refractivity contribution in [1.29, 1.82) is 0 Å². The number of benzene rings is 3. The van der Waals surface area contributed by atoms with Crippen molar-refractivity contribution in [2.45, 2.75) is 19.4 Å². The van der Waals surface area contributed by atoms with E-state index in [1.54, 1.807) is 55.5 Å². The number of carbonyl (C=O) groups is 3. The number of nitrogens with zero attached hydrogens (tertiary/aromatic N) is 1. The van der Waals surface area contributed by atoms with E-state index in [1.165, 1.54) is 23.1 Å². The van der Waals surface area contributed by atoms with Crippen molar-refractivity contribution in [2.75, 3.05) is 18.1 Å². The van der Waals surface area contributed by atoms with E-state index in [0.717, 1.165) is 5.56 Å². The Labute approximate surface area is 207 Å². The van der Waals surface area contributed by atoms with E-state index in [-0.39, 0.29) is 34.9 Å². The second kappa shape index (κ2) is 9.22. The van der Waals surface area contributed by atoms with Crippen molar-refractivity contribution < 1.29 is 34.1 Å². The fourth-order valence-corrected chi connectivity index (χ4v) is 4.60. The number of esters is 1. The molecule has 0 saturated carbocycles. The molecule has 3 aromatic carbocycles. The van der Waals surface area contributed by atoms with Gasteiger partial charge in [-0.3, -0.25) is 14.5 Å². The van der Waals surface area contributed by atoms with Crippen LogP contribution < -0.4 is 9.64 Å². The van der Waals surface area contributed by atoms with Crippen LogP contribution in [0, 0.1) is 0 Å². The summed E-state index contributed by atoms with van der Waals surface area (Å²) >= 11 is 0. The number of anilines is 1. The molecule has 1 unspecified atom stereocenters. The number of carbonyl (C=O) groups excluding carboxylic acids is 3. The molecule has 0 aromatic heterocycles. The topological polar surface area (TPSA) is 113 Å². The quantitative estimate of drug-likeness (QED) is 0.242. The largest absolute Gasteiger partial charge is 0.508 e. The molecule has 5 rings (SSSR count). The molecule has 0 spiro atoms. The highest BCUT2D eigenvalue weighted by Gasteiger charge is 2.47. The number of ketones is 1. The molecule has 1 amide bonds. The lowest BCUT2D eigenvalue weighted by Gasteiger charge is -2.26. The smallest absolute Gasteiger partial charge is 0.338 e. The minimum Gasteiger partial charge on any atom is -0.508 e. The summed E-state index contributed by atoms with van der Waals surface area (Å²) in [5, 5.41) is 21.5. The second-order valence-corrected chi connectivity index (χ2v) is 8.46. The fourth-order valence-electron chi connectivity index (χ4n) is 4.60. The third-order valence-corrected chi connectivity index (χ3v) is 6.23. The lowest BCUT2D eigenvalue weighted by Crippen LogP contribution is -2.29. The third-order valence-electron chi connectivity index (χ3n) is 6.23. The fraction of sp³-hybridized carbons (Fsp3) is 0.179. The van der Waals surface area contributed by atoms with E-state index in [0.29, 0.717) is 29.9 Å². The van der Waals surface area contributed by atoms with Gasteiger partial charge in [0.1, 0.15) is 17.3 Å². The Morgan fingerprint density at radius 1 is 1.06 bits per heavy atom. The molecule has 36 heavy (non-hydrogen) atoms. The Balaban J connectivity index is 1.68. The van der Waals surface area contributed by atoms with Gasteiger partial charge in [-0.05, 0) is 66.6 Å². The van der Waals surface area contributed by atoms with Gasteiger partial charge in [-0.1, -0.05) is 18.2 Å². The van der Waals surface area contributed by atoms with Gasteiger partial charge in [0, 0.05) is 17.7 Å². The standard InChI is InChI=1S/C28H23NO7/c1-2-35-28(34)19-6-3-7-20(14-19)29-24(17-5-4-8-21(30)15-17)23(26(32)27(29)33)25(31)18-9-10-22-16(13-18)11-12-36-22/h3-10,13-15,24,30-31H,2,11-12H2,1H3/b25-23-. The van der Waals surface area contributed by atoms with Crippen molar-refractivity contribution in [2.24, 2.45) is 0 Å². The van der Waals surface area contributed by atoms with Crippen LogP contribution in [0.1, 0.15) is 40.0 Å². The van der Waals surface area contributed by atoms with E-state index in [1.807, 2.05) is 0 Å². The number of hydrogen-bond donors (Lipinski definition) is 2. The molecule has 2 heterocycles. The molecule has 0 radical (unpaired) electrons. The van der Waals surface area contributed by atoms with E-state index in [2.05, 4.69) is 0 Å². The summed E-state index contributed by atoms with van der Waals surface area (Å²) in [6.07, 6.45) is 0.668. The number of phenolic OH excluding ortho intramolecular Hbond substituents is 1. The molecule has 1 saturated heterocycles. The second-order valence-electron chi connectivity index (χ2n) is 8.46. The van der Waals surface area contributed by atoms with Gasteiger partial charge in [0.15, 0.2) is 0 Å². The highest BCUT2D eigenvalue weighted by molar-refractivity contribution is 6.51. The number of ether oxygens (including phenoxy) is 2. The van der Waals surface area contributed by atoms with Gasteiger partial charge in [-0.2, -0.15) is 0 Å². The number of hydrogen-bond acceptors (Lipinski definition) is 7. The number of rotatable bonds is 5. The molecule has 0 bridgehead atoms.